The lowest BCUT2D eigenvalue weighted by Gasteiger charge is -2.38. The van der Waals surface area contributed by atoms with Crippen LogP contribution in [0.5, 0.6) is 0 Å². The number of rotatable bonds is 4. The highest BCUT2D eigenvalue weighted by Gasteiger charge is 2.33. The summed E-state index contributed by atoms with van der Waals surface area (Å²) in [5.74, 6) is 0. The van der Waals surface area contributed by atoms with Crippen molar-refractivity contribution in [2.24, 2.45) is 0 Å². The molecule has 2 aliphatic rings. The summed E-state index contributed by atoms with van der Waals surface area (Å²) in [4.78, 5) is 15.9. The molecule has 3 rings (SSSR count). The average molecular weight is 326 g/mol. The highest BCUT2D eigenvalue weighted by molar-refractivity contribution is 5.81. The standard InChI is InChI=1S/C19H26N4O/c1-13-10-22(7-6-21-13)14(2)11-23-17(9-20)8-18-15(3)16(12-24)4-5-19(18)23/h4-5,12-14,17,21H,6-8,10-11H2,1-3H3/t13?,14?,17-/m1/s1. The molecule has 2 heterocycles. The van der Waals surface area contributed by atoms with E-state index in [-0.39, 0.29) is 6.04 Å². The number of carbonyl (C=O) groups is 1. The van der Waals surface area contributed by atoms with E-state index in [9.17, 15) is 10.1 Å². The molecule has 24 heavy (non-hydrogen) atoms. The lowest BCUT2D eigenvalue weighted by Crippen LogP contribution is -2.55. The van der Waals surface area contributed by atoms with Crippen LogP contribution in [-0.4, -0.2) is 55.5 Å². The van der Waals surface area contributed by atoms with Crippen LogP contribution in [0.3, 0.4) is 0 Å². The van der Waals surface area contributed by atoms with Crippen LogP contribution in [0.2, 0.25) is 0 Å². The fourth-order valence-corrected chi connectivity index (χ4v) is 3.99. The number of carbonyl (C=O) groups excluding carboxylic acids is 1. The zero-order valence-electron chi connectivity index (χ0n) is 14.7. The maximum absolute atomic E-state index is 11.2. The van der Waals surface area contributed by atoms with Crippen molar-refractivity contribution in [1.29, 1.82) is 5.26 Å². The van der Waals surface area contributed by atoms with Crippen LogP contribution in [0.1, 0.15) is 35.3 Å². The first kappa shape index (κ1) is 16.9. The molecule has 0 bridgehead atoms. The second kappa shape index (κ2) is 6.92. The lowest BCUT2D eigenvalue weighted by molar-refractivity contribution is 0.112. The Labute approximate surface area is 144 Å². The van der Waals surface area contributed by atoms with Gasteiger partial charge in [0.15, 0.2) is 0 Å². The third kappa shape index (κ3) is 3.04. The molecule has 1 fully saturated rings. The van der Waals surface area contributed by atoms with E-state index in [0.29, 0.717) is 18.5 Å². The zero-order valence-corrected chi connectivity index (χ0v) is 14.7. The summed E-state index contributed by atoms with van der Waals surface area (Å²) >= 11 is 0. The summed E-state index contributed by atoms with van der Waals surface area (Å²) in [6, 6.07) is 7.11. The second-order valence-corrected chi connectivity index (χ2v) is 7.10. The quantitative estimate of drug-likeness (QED) is 0.854. The molecule has 0 spiro atoms. The molecule has 0 radical (unpaired) electrons. The Kier molecular flexibility index (Phi) is 4.88. The molecule has 2 aliphatic heterocycles. The van der Waals surface area contributed by atoms with Crippen molar-refractivity contribution in [2.45, 2.75) is 45.3 Å². The largest absolute Gasteiger partial charge is 0.354 e. The van der Waals surface area contributed by atoms with Gasteiger partial charge in [-0.15, -0.1) is 0 Å². The van der Waals surface area contributed by atoms with Gasteiger partial charge in [-0.2, -0.15) is 5.26 Å². The Morgan fingerprint density at radius 2 is 2.29 bits per heavy atom. The first-order valence-corrected chi connectivity index (χ1v) is 8.76. The molecule has 2 unspecified atom stereocenters. The van der Waals surface area contributed by atoms with Gasteiger partial charge >= 0.3 is 0 Å². The Morgan fingerprint density at radius 3 is 2.96 bits per heavy atom. The van der Waals surface area contributed by atoms with Gasteiger partial charge in [-0.1, -0.05) is 0 Å². The van der Waals surface area contributed by atoms with Gasteiger partial charge in [-0.05, 0) is 44.0 Å². The van der Waals surface area contributed by atoms with Gasteiger partial charge in [-0.25, -0.2) is 0 Å². The molecule has 1 aromatic rings. The predicted molar refractivity (Wildman–Crippen MR) is 95.5 cm³/mol. The number of hydrogen-bond acceptors (Lipinski definition) is 5. The molecular formula is C19H26N4O. The normalized spacial score (nSPS) is 25.2. The molecule has 5 heteroatoms. The van der Waals surface area contributed by atoms with Crippen molar-refractivity contribution >= 4 is 12.0 Å². The van der Waals surface area contributed by atoms with Crippen molar-refractivity contribution in [2.75, 3.05) is 31.1 Å². The van der Waals surface area contributed by atoms with Crippen molar-refractivity contribution in [3.63, 3.8) is 0 Å². The number of benzene rings is 1. The van der Waals surface area contributed by atoms with Crippen LogP contribution in [0, 0.1) is 18.3 Å². The van der Waals surface area contributed by atoms with Crippen LogP contribution < -0.4 is 10.2 Å². The number of piperazine rings is 1. The first-order valence-electron chi connectivity index (χ1n) is 8.76. The Balaban J connectivity index is 1.82. The third-order valence-corrected chi connectivity index (χ3v) is 5.46. The van der Waals surface area contributed by atoms with E-state index in [2.05, 4.69) is 35.0 Å². The van der Waals surface area contributed by atoms with Gasteiger partial charge in [0.25, 0.3) is 0 Å². The smallest absolute Gasteiger partial charge is 0.150 e. The fraction of sp³-hybridized carbons (Fsp3) is 0.579. The minimum absolute atomic E-state index is 0.136. The van der Waals surface area contributed by atoms with Gasteiger partial charge in [0.05, 0.1) is 6.07 Å². The predicted octanol–water partition coefficient (Wildman–Crippen LogP) is 1.74. The van der Waals surface area contributed by atoms with E-state index in [1.165, 1.54) is 0 Å². The number of anilines is 1. The van der Waals surface area contributed by atoms with Crippen LogP contribution >= 0.6 is 0 Å². The molecule has 1 N–H and O–H groups in total. The summed E-state index contributed by atoms with van der Waals surface area (Å²) in [5, 5.41) is 13.1. The highest BCUT2D eigenvalue weighted by Crippen LogP contribution is 2.35. The van der Waals surface area contributed by atoms with Gasteiger partial charge < -0.3 is 10.2 Å². The topological polar surface area (TPSA) is 59.4 Å². The summed E-state index contributed by atoms with van der Waals surface area (Å²) in [5.41, 5.74) is 4.04. The number of nitriles is 1. The van der Waals surface area contributed by atoms with Gasteiger partial charge in [0.2, 0.25) is 0 Å². The molecule has 0 saturated carbocycles. The minimum Gasteiger partial charge on any atom is -0.354 e. The Morgan fingerprint density at radius 1 is 1.50 bits per heavy atom. The van der Waals surface area contributed by atoms with E-state index in [0.717, 1.165) is 54.8 Å². The monoisotopic (exact) mass is 326 g/mol. The van der Waals surface area contributed by atoms with Crippen LogP contribution in [0.4, 0.5) is 5.69 Å². The Bertz CT molecular complexity index is 666. The summed E-state index contributed by atoms with van der Waals surface area (Å²) < 4.78 is 0. The molecular weight excluding hydrogens is 300 g/mol. The lowest BCUT2D eigenvalue weighted by atomic mass is 10.00. The Hall–Kier alpha value is -1.90. The number of hydrogen-bond donors (Lipinski definition) is 1. The van der Waals surface area contributed by atoms with E-state index in [1.54, 1.807) is 0 Å². The van der Waals surface area contributed by atoms with E-state index >= 15 is 0 Å². The summed E-state index contributed by atoms with van der Waals surface area (Å²) in [7, 11) is 0. The number of fused-ring (bicyclic) bond motifs is 1. The van der Waals surface area contributed by atoms with Crippen molar-refractivity contribution < 1.29 is 4.79 Å². The van der Waals surface area contributed by atoms with E-state index < -0.39 is 0 Å². The maximum atomic E-state index is 11.2. The fourth-order valence-electron chi connectivity index (χ4n) is 3.99. The molecule has 1 saturated heterocycles. The molecule has 5 nitrogen and oxygen atoms in total. The zero-order chi connectivity index (χ0) is 17.3. The maximum Gasteiger partial charge on any atom is 0.150 e. The number of nitrogens with zero attached hydrogens (tertiary/aromatic N) is 3. The molecule has 0 aromatic heterocycles. The van der Waals surface area contributed by atoms with Crippen molar-refractivity contribution in [3.05, 3.63) is 28.8 Å². The van der Waals surface area contributed by atoms with Gasteiger partial charge in [-0.3, -0.25) is 9.69 Å². The average Bonchev–Trinajstić information content (AvgIpc) is 2.94. The number of nitrogens with one attached hydrogen (secondary N) is 1. The van der Waals surface area contributed by atoms with Gasteiger partial charge in [0.1, 0.15) is 12.3 Å². The molecule has 0 aliphatic carbocycles. The van der Waals surface area contributed by atoms with E-state index in [1.807, 2.05) is 19.1 Å². The molecule has 3 atom stereocenters. The van der Waals surface area contributed by atoms with Gasteiger partial charge in [0, 0.05) is 55.9 Å². The highest BCUT2D eigenvalue weighted by atomic mass is 16.1. The van der Waals surface area contributed by atoms with Crippen LogP contribution in [-0.2, 0) is 6.42 Å². The molecule has 0 amide bonds. The molecule has 128 valence electrons. The third-order valence-electron chi connectivity index (χ3n) is 5.46. The van der Waals surface area contributed by atoms with Crippen molar-refractivity contribution in [1.82, 2.24) is 10.2 Å². The minimum atomic E-state index is -0.136. The van der Waals surface area contributed by atoms with E-state index in [4.69, 9.17) is 0 Å². The summed E-state index contributed by atoms with van der Waals surface area (Å²) in [6.45, 7) is 10.4. The number of aldehydes is 1. The summed E-state index contributed by atoms with van der Waals surface area (Å²) in [6.07, 6.45) is 1.62. The van der Waals surface area contributed by atoms with Crippen LogP contribution in [0.15, 0.2) is 12.1 Å². The SMILES string of the molecule is Cc1c(C=O)ccc2c1C[C@H](C#N)N2CC(C)N1CCNC(C)C1. The molecule has 1 aromatic carbocycles. The van der Waals surface area contributed by atoms with Crippen molar-refractivity contribution in [3.8, 4) is 6.07 Å². The second-order valence-electron chi connectivity index (χ2n) is 7.10. The van der Waals surface area contributed by atoms with Crippen LogP contribution in [0.25, 0.3) is 0 Å². The first-order chi connectivity index (χ1) is 11.5.